The quantitative estimate of drug-likeness (QED) is 0.651. The van der Waals surface area contributed by atoms with Crippen molar-refractivity contribution in [3.63, 3.8) is 0 Å². The number of nitrogens with zero attached hydrogens (tertiary/aromatic N) is 3. The lowest BCUT2D eigenvalue weighted by Crippen LogP contribution is -2.50. The van der Waals surface area contributed by atoms with Crippen LogP contribution in [0.2, 0.25) is 0 Å². The fourth-order valence-electron chi connectivity index (χ4n) is 6.11. The summed E-state index contributed by atoms with van der Waals surface area (Å²) in [6.45, 7) is 8.62. The van der Waals surface area contributed by atoms with Crippen LogP contribution >= 0.6 is 0 Å². The Morgan fingerprint density at radius 2 is 1.91 bits per heavy atom. The Kier molecular flexibility index (Phi) is 7.29. The average Bonchev–Trinajstić information content (AvgIpc) is 3.52. The molecule has 0 saturated carbocycles. The van der Waals surface area contributed by atoms with E-state index in [9.17, 15) is 5.26 Å². The van der Waals surface area contributed by atoms with Gasteiger partial charge in [-0.15, -0.1) is 0 Å². The zero-order chi connectivity index (χ0) is 21.8. The number of benzene rings is 1. The van der Waals surface area contributed by atoms with Crippen molar-refractivity contribution < 1.29 is 14.2 Å². The first-order valence-corrected chi connectivity index (χ1v) is 12.6. The number of hydrogen-bond acceptors (Lipinski definition) is 6. The van der Waals surface area contributed by atoms with E-state index in [-0.39, 0.29) is 12.0 Å². The molecule has 3 heterocycles. The first-order valence-electron chi connectivity index (χ1n) is 12.6. The Balaban J connectivity index is 1.23. The maximum atomic E-state index is 9.50. The Morgan fingerprint density at radius 3 is 2.72 bits per heavy atom. The summed E-state index contributed by atoms with van der Waals surface area (Å²) < 4.78 is 17.9. The zero-order valence-electron chi connectivity index (χ0n) is 19.2. The minimum atomic E-state index is -0.139. The molecule has 1 aromatic rings. The first kappa shape index (κ1) is 22.2. The van der Waals surface area contributed by atoms with E-state index < -0.39 is 0 Å². The van der Waals surface area contributed by atoms with Gasteiger partial charge in [-0.3, -0.25) is 4.90 Å². The molecule has 5 rings (SSSR count). The van der Waals surface area contributed by atoms with E-state index in [0.29, 0.717) is 19.1 Å². The van der Waals surface area contributed by atoms with Crippen LogP contribution < -0.4 is 4.74 Å². The number of nitriles is 1. The molecule has 1 aromatic carbocycles. The van der Waals surface area contributed by atoms with Gasteiger partial charge in [0.1, 0.15) is 11.9 Å². The lowest BCUT2D eigenvalue weighted by Gasteiger charge is -2.36. The fourth-order valence-corrected chi connectivity index (χ4v) is 6.11. The van der Waals surface area contributed by atoms with Crippen LogP contribution in [0.1, 0.15) is 36.8 Å². The molecule has 0 aromatic heterocycles. The first-order chi connectivity index (χ1) is 15.8. The summed E-state index contributed by atoms with van der Waals surface area (Å²) >= 11 is 0. The fraction of sp³-hybridized carbons (Fsp3) is 0.731. The molecule has 3 saturated heterocycles. The minimum Gasteiger partial charge on any atom is -0.489 e. The van der Waals surface area contributed by atoms with Gasteiger partial charge < -0.3 is 19.1 Å². The normalized spacial score (nSPS) is 30.0. The second-order valence-electron chi connectivity index (χ2n) is 9.98. The van der Waals surface area contributed by atoms with Crippen LogP contribution in [0.3, 0.4) is 0 Å². The summed E-state index contributed by atoms with van der Waals surface area (Å²) in [6.07, 6.45) is 6.58. The number of rotatable bonds is 7. The van der Waals surface area contributed by atoms with Gasteiger partial charge in [-0.05, 0) is 74.4 Å². The van der Waals surface area contributed by atoms with Gasteiger partial charge in [-0.2, -0.15) is 5.26 Å². The van der Waals surface area contributed by atoms with Crippen LogP contribution in [0, 0.1) is 23.2 Å². The Morgan fingerprint density at radius 1 is 1.06 bits per heavy atom. The van der Waals surface area contributed by atoms with Crippen LogP contribution in [-0.4, -0.2) is 81.1 Å². The molecule has 0 amide bonds. The number of hydrogen-bond donors (Lipinski definition) is 0. The van der Waals surface area contributed by atoms with E-state index in [4.69, 9.17) is 14.2 Å². The van der Waals surface area contributed by atoms with Gasteiger partial charge in [0.25, 0.3) is 0 Å². The minimum absolute atomic E-state index is 0.139. The van der Waals surface area contributed by atoms with Gasteiger partial charge in [0.2, 0.25) is 0 Å². The van der Waals surface area contributed by atoms with Crippen molar-refractivity contribution in [1.29, 1.82) is 5.26 Å². The van der Waals surface area contributed by atoms with Gasteiger partial charge in [-0.1, -0.05) is 6.07 Å². The molecule has 6 nitrogen and oxygen atoms in total. The molecular weight excluding hydrogens is 402 g/mol. The second-order valence-corrected chi connectivity index (χ2v) is 9.98. The van der Waals surface area contributed by atoms with Crippen molar-refractivity contribution >= 4 is 0 Å². The molecule has 6 heteroatoms. The van der Waals surface area contributed by atoms with Gasteiger partial charge in [0.05, 0.1) is 38.9 Å². The third kappa shape index (κ3) is 5.12. The standard InChI is InChI=1S/C26H37N3O3/c27-8-7-26(24-18-31-19-25(24)29-11-13-30-14-12-29)32-23-6-5-21-15-20(3-4-22(21)16-23)17-28-9-1-2-10-28/h5-6,16,20,24-26H,1-4,7,9-15,17-19H2. The maximum absolute atomic E-state index is 9.50. The van der Waals surface area contributed by atoms with E-state index in [1.54, 1.807) is 0 Å². The summed E-state index contributed by atoms with van der Waals surface area (Å²) in [5.41, 5.74) is 2.92. The molecule has 32 heavy (non-hydrogen) atoms. The highest BCUT2D eigenvalue weighted by Crippen LogP contribution is 2.32. The summed E-state index contributed by atoms with van der Waals surface area (Å²) in [5.74, 6) is 1.91. The lowest BCUT2D eigenvalue weighted by molar-refractivity contribution is -0.00400. The molecule has 174 valence electrons. The number of morpholine rings is 1. The van der Waals surface area contributed by atoms with Gasteiger partial charge >= 0.3 is 0 Å². The highest BCUT2D eigenvalue weighted by molar-refractivity contribution is 5.37. The smallest absolute Gasteiger partial charge is 0.120 e. The molecule has 0 spiro atoms. The van der Waals surface area contributed by atoms with Gasteiger partial charge in [-0.25, -0.2) is 0 Å². The number of fused-ring (bicyclic) bond motifs is 1. The van der Waals surface area contributed by atoms with Gasteiger partial charge in [0.15, 0.2) is 0 Å². The van der Waals surface area contributed by atoms with Crippen molar-refractivity contribution in [2.45, 2.75) is 50.7 Å². The highest BCUT2D eigenvalue weighted by Gasteiger charge is 2.40. The molecule has 0 N–H and O–H groups in total. The van der Waals surface area contributed by atoms with Crippen LogP contribution in [-0.2, 0) is 22.3 Å². The second kappa shape index (κ2) is 10.5. The van der Waals surface area contributed by atoms with Crippen molar-refractivity contribution in [2.24, 2.45) is 11.8 Å². The molecular formula is C26H37N3O3. The molecule has 3 aliphatic heterocycles. The summed E-state index contributed by atoms with van der Waals surface area (Å²) in [5, 5.41) is 9.50. The largest absolute Gasteiger partial charge is 0.489 e. The summed E-state index contributed by atoms with van der Waals surface area (Å²) in [6, 6.07) is 9.31. The van der Waals surface area contributed by atoms with Crippen molar-refractivity contribution in [3.05, 3.63) is 29.3 Å². The number of likely N-dealkylation sites (tertiary alicyclic amines) is 1. The van der Waals surface area contributed by atoms with E-state index in [1.807, 2.05) is 0 Å². The lowest BCUT2D eigenvalue weighted by atomic mass is 9.83. The third-order valence-electron chi connectivity index (χ3n) is 7.89. The van der Waals surface area contributed by atoms with Crippen LogP contribution in [0.25, 0.3) is 0 Å². The molecule has 1 aliphatic carbocycles. The molecule has 4 atom stereocenters. The SMILES string of the molecule is N#CCC(Oc1ccc2c(c1)CCC(CN1CCCC1)C2)C1COCC1N1CCOCC1. The van der Waals surface area contributed by atoms with Crippen LogP contribution in [0.5, 0.6) is 5.75 Å². The van der Waals surface area contributed by atoms with E-state index in [2.05, 4.69) is 34.1 Å². The van der Waals surface area contributed by atoms with Gasteiger partial charge in [0, 0.05) is 31.6 Å². The Hall–Kier alpha value is -1.65. The van der Waals surface area contributed by atoms with Crippen LogP contribution in [0.15, 0.2) is 18.2 Å². The highest BCUT2D eigenvalue weighted by atomic mass is 16.5. The van der Waals surface area contributed by atoms with Crippen LogP contribution in [0.4, 0.5) is 0 Å². The van der Waals surface area contributed by atoms with Crippen molar-refractivity contribution in [3.8, 4) is 11.8 Å². The Bertz CT molecular complexity index is 798. The predicted molar refractivity (Wildman–Crippen MR) is 123 cm³/mol. The maximum Gasteiger partial charge on any atom is 0.120 e. The number of aryl methyl sites for hydroxylation is 1. The van der Waals surface area contributed by atoms with E-state index >= 15 is 0 Å². The van der Waals surface area contributed by atoms with E-state index in [0.717, 1.165) is 51.0 Å². The van der Waals surface area contributed by atoms with E-state index in [1.165, 1.54) is 56.4 Å². The number of ether oxygens (including phenoxy) is 3. The molecule has 4 unspecified atom stereocenters. The monoisotopic (exact) mass is 439 g/mol. The third-order valence-corrected chi connectivity index (χ3v) is 7.89. The molecule has 3 fully saturated rings. The summed E-state index contributed by atoms with van der Waals surface area (Å²) in [7, 11) is 0. The summed E-state index contributed by atoms with van der Waals surface area (Å²) in [4.78, 5) is 5.11. The topological polar surface area (TPSA) is 58.0 Å². The molecule has 0 bridgehead atoms. The average molecular weight is 440 g/mol. The molecule has 4 aliphatic rings. The Labute approximate surface area is 192 Å². The zero-order valence-corrected chi connectivity index (χ0v) is 19.2. The van der Waals surface area contributed by atoms with Crippen molar-refractivity contribution in [1.82, 2.24) is 9.80 Å². The van der Waals surface area contributed by atoms with Crippen molar-refractivity contribution in [2.75, 3.05) is 59.2 Å². The molecule has 0 radical (unpaired) electrons. The predicted octanol–water partition coefficient (Wildman–Crippen LogP) is 2.90.